The Bertz CT molecular complexity index is 501. The molecule has 1 fully saturated rings. The highest BCUT2D eigenvalue weighted by atomic mass is 79.9. The number of pyridine rings is 1. The van der Waals surface area contributed by atoms with Gasteiger partial charge in [-0.25, -0.2) is 9.78 Å². The summed E-state index contributed by atoms with van der Waals surface area (Å²) in [5, 5.41) is 11.9. The highest BCUT2D eigenvalue weighted by molar-refractivity contribution is 9.10. The van der Waals surface area contributed by atoms with Crippen LogP contribution < -0.4 is 5.32 Å². The molecule has 1 heterocycles. The van der Waals surface area contributed by atoms with E-state index in [1.165, 1.54) is 0 Å². The van der Waals surface area contributed by atoms with E-state index in [9.17, 15) is 14.7 Å². The fraction of sp³-hybridized carbons (Fsp3) is 0.500. The molecule has 108 valence electrons. The Kier molecular flexibility index (Phi) is 5.11. The Hall–Kier alpha value is -1.43. The maximum atomic E-state index is 12.1. The van der Waals surface area contributed by atoms with Gasteiger partial charge in [-0.15, -0.1) is 0 Å². The van der Waals surface area contributed by atoms with E-state index in [1.54, 1.807) is 18.2 Å². The number of aliphatic carboxylic acids is 1. The monoisotopic (exact) mass is 340 g/mol. The molecule has 2 N–H and O–H groups in total. The zero-order valence-corrected chi connectivity index (χ0v) is 12.6. The van der Waals surface area contributed by atoms with Crippen LogP contribution in [0.5, 0.6) is 0 Å². The lowest BCUT2D eigenvalue weighted by Gasteiger charge is -2.27. The summed E-state index contributed by atoms with van der Waals surface area (Å²) >= 11 is 3.19. The van der Waals surface area contributed by atoms with Crippen molar-refractivity contribution in [2.45, 2.75) is 38.1 Å². The summed E-state index contributed by atoms with van der Waals surface area (Å²) in [6.07, 6.45) is 4.90. The van der Waals surface area contributed by atoms with E-state index in [1.807, 2.05) is 0 Å². The lowest BCUT2D eigenvalue weighted by atomic mass is 9.84. The number of carboxylic acids is 1. The zero-order chi connectivity index (χ0) is 14.5. The molecule has 0 aromatic carbocycles. The Morgan fingerprint density at radius 2 is 2.00 bits per heavy atom. The van der Waals surface area contributed by atoms with Crippen LogP contribution in [0.25, 0.3) is 0 Å². The number of carboxylic acid groups (broad SMARTS) is 1. The van der Waals surface area contributed by atoms with E-state index in [2.05, 4.69) is 26.2 Å². The average Bonchev–Trinajstić information content (AvgIpc) is 2.45. The molecule has 1 aromatic heterocycles. The minimum Gasteiger partial charge on any atom is -0.480 e. The molecule has 0 bridgehead atoms. The molecule has 0 aliphatic heterocycles. The molecule has 1 saturated carbocycles. The quantitative estimate of drug-likeness (QED) is 0.825. The van der Waals surface area contributed by atoms with Gasteiger partial charge in [-0.2, -0.15) is 0 Å². The van der Waals surface area contributed by atoms with Gasteiger partial charge in [0.05, 0.1) is 0 Å². The van der Waals surface area contributed by atoms with Crippen LogP contribution in [0.3, 0.4) is 0 Å². The maximum Gasteiger partial charge on any atom is 0.326 e. The Balaban J connectivity index is 2.07. The summed E-state index contributed by atoms with van der Waals surface area (Å²) in [6, 6.07) is 4.15. The van der Waals surface area contributed by atoms with Crippen molar-refractivity contribution < 1.29 is 14.7 Å². The Morgan fingerprint density at radius 1 is 1.30 bits per heavy atom. The smallest absolute Gasteiger partial charge is 0.326 e. The number of aromatic nitrogens is 1. The highest BCUT2D eigenvalue weighted by Gasteiger charge is 2.31. The fourth-order valence-corrected chi connectivity index (χ4v) is 2.94. The van der Waals surface area contributed by atoms with Crippen molar-refractivity contribution in [3.05, 3.63) is 28.5 Å². The lowest BCUT2D eigenvalue weighted by Crippen LogP contribution is -2.46. The van der Waals surface area contributed by atoms with E-state index in [0.29, 0.717) is 4.60 Å². The van der Waals surface area contributed by atoms with Crippen molar-refractivity contribution in [3.63, 3.8) is 0 Å². The van der Waals surface area contributed by atoms with Crippen LogP contribution in [0.2, 0.25) is 0 Å². The van der Waals surface area contributed by atoms with Crippen LogP contribution in [-0.4, -0.2) is 28.0 Å². The summed E-state index contributed by atoms with van der Waals surface area (Å²) in [6.45, 7) is 0. The molecule has 0 saturated heterocycles. The summed E-state index contributed by atoms with van der Waals surface area (Å²) < 4.78 is 0.551. The number of hydrogen-bond donors (Lipinski definition) is 2. The SMILES string of the molecule is O=C(NC(C(=O)O)C1CCCCC1)c1cccc(Br)n1. The third kappa shape index (κ3) is 3.79. The van der Waals surface area contributed by atoms with Crippen molar-refractivity contribution in [3.8, 4) is 0 Å². The van der Waals surface area contributed by atoms with Gasteiger partial charge in [0, 0.05) is 0 Å². The number of halogens is 1. The summed E-state index contributed by atoms with van der Waals surface area (Å²) in [5.74, 6) is -1.40. The first-order valence-electron chi connectivity index (χ1n) is 6.74. The molecular weight excluding hydrogens is 324 g/mol. The number of carbonyl (C=O) groups excluding carboxylic acids is 1. The van der Waals surface area contributed by atoms with Gasteiger partial charge in [0.1, 0.15) is 16.3 Å². The van der Waals surface area contributed by atoms with Gasteiger partial charge in [-0.1, -0.05) is 25.3 Å². The lowest BCUT2D eigenvalue weighted by molar-refractivity contribution is -0.141. The molecular formula is C14H17BrN2O3. The van der Waals surface area contributed by atoms with Crippen LogP contribution >= 0.6 is 15.9 Å². The number of hydrogen-bond acceptors (Lipinski definition) is 3. The van der Waals surface area contributed by atoms with E-state index >= 15 is 0 Å². The van der Waals surface area contributed by atoms with E-state index in [-0.39, 0.29) is 11.6 Å². The van der Waals surface area contributed by atoms with E-state index in [0.717, 1.165) is 32.1 Å². The molecule has 6 heteroatoms. The number of rotatable bonds is 4. The van der Waals surface area contributed by atoms with Crippen molar-refractivity contribution >= 4 is 27.8 Å². The molecule has 1 aliphatic carbocycles. The van der Waals surface area contributed by atoms with Gasteiger partial charge < -0.3 is 10.4 Å². The largest absolute Gasteiger partial charge is 0.480 e. The standard InChI is InChI=1S/C14H17BrN2O3/c15-11-8-4-7-10(16-11)13(18)17-12(14(19)20)9-5-2-1-3-6-9/h4,7-9,12H,1-3,5-6H2,(H,17,18)(H,19,20). The summed E-state index contributed by atoms with van der Waals surface area (Å²) in [7, 11) is 0. The number of nitrogens with one attached hydrogen (secondary N) is 1. The van der Waals surface area contributed by atoms with Gasteiger partial charge in [0.2, 0.25) is 0 Å². The minimum atomic E-state index is -0.972. The van der Waals surface area contributed by atoms with Gasteiger partial charge in [0.15, 0.2) is 0 Å². The predicted octanol–water partition coefficient (Wildman–Crippen LogP) is 2.61. The maximum absolute atomic E-state index is 12.1. The first kappa shape index (κ1) is 15.0. The zero-order valence-electron chi connectivity index (χ0n) is 11.0. The van der Waals surface area contributed by atoms with Crippen LogP contribution in [0.15, 0.2) is 22.8 Å². The second-order valence-electron chi connectivity index (χ2n) is 5.03. The molecule has 1 aromatic rings. The third-order valence-corrected chi connectivity index (χ3v) is 4.06. The first-order valence-corrected chi connectivity index (χ1v) is 7.53. The van der Waals surface area contributed by atoms with Crippen LogP contribution in [0.1, 0.15) is 42.6 Å². The number of carbonyl (C=O) groups is 2. The van der Waals surface area contributed by atoms with Crippen LogP contribution in [0.4, 0.5) is 0 Å². The van der Waals surface area contributed by atoms with Gasteiger partial charge in [0.25, 0.3) is 5.91 Å². The van der Waals surface area contributed by atoms with Crippen molar-refractivity contribution in [1.82, 2.24) is 10.3 Å². The fourth-order valence-electron chi connectivity index (χ4n) is 2.60. The highest BCUT2D eigenvalue weighted by Crippen LogP contribution is 2.26. The third-order valence-electron chi connectivity index (χ3n) is 3.62. The molecule has 1 aliphatic rings. The first-order chi connectivity index (χ1) is 9.58. The van der Waals surface area contributed by atoms with Crippen LogP contribution in [-0.2, 0) is 4.79 Å². The summed E-state index contributed by atoms with van der Waals surface area (Å²) in [5.41, 5.74) is 0.224. The van der Waals surface area contributed by atoms with Gasteiger partial charge in [-0.3, -0.25) is 4.79 Å². The van der Waals surface area contributed by atoms with E-state index < -0.39 is 17.9 Å². The molecule has 2 rings (SSSR count). The molecule has 1 amide bonds. The second kappa shape index (κ2) is 6.83. The van der Waals surface area contributed by atoms with Crippen molar-refractivity contribution in [1.29, 1.82) is 0 Å². The predicted molar refractivity (Wildman–Crippen MR) is 77.4 cm³/mol. The Labute approximate surface area is 125 Å². The molecule has 1 unspecified atom stereocenters. The van der Waals surface area contributed by atoms with Crippen molar-refractivity contribution in [2.24, 2.45) is 5.92 Å². The minimum absolute atomic E-state index is 0.0114. The molecule has 1 atom stereocenters. The molecule has 0 spiro atoms. The number of amides is 1. The molecule has 20 heavy (non-hydrogen) atoms. The average molecular weight is 341 g/mol. The normalized spacial score (nSPS) is 17.4. The van der Waals surface area contributed by atoms with E-state index in [4.69, 9.17) is 0 Å². The van der Waals surface area contributed by atoms with Crippen LogP contribution in [0, 0.1) is 5.92 Å². The Morgan fingerprint density at radius 3 is 2.60 bits per heavy atom. The van der Waals surface area contributed by atoms with Gasteiger partial charge >= 0.3 is 5.97 Å². The molecule has 0 radical (unpaired) electrons. The van der Waals surface area contributed by atoms with Crippen molar-refractivity contribution in [2.75, 3.05) is 0 Å². The molecule has 5 nitrogen and oxygen atoms in total. The van der Waals surface area contributed by atoms with Gasteiger partial charge in [-0.05, 0) is 46.8 Å². The second-order valence-corrected chi connectivity index (χ2v) is 5.85. The summed E-state index contributed by atoms with van der Waals surface area (Å²) in [4.78, 5) is 27.5. The number of nitrogens with zero attached hydrogens (tertiary/aromatic N) is 1. The topological polar surface area (TPSA) is 79.3 Å².